The summed E-state index contributed by atoms with van der Waals surface area (Å²) in [5.41, 5.74) is 2.75. The summed E-state index contributed by atoms with van der Waals surface area (Å²) in [4.78, 5) is 22.2. The van der Waals surface area contributed by atoms with Crippen LogP contribution in [0, 0.1) is 18.3 Å². The zero-order valence-corrected chi connectivity index (χ0v) is 23.1. The average molecular weight is 554 g/mol. The van der Waals surface area contributed by atoms with Crippen LogP contribution in [0.1, 0.15) is 23.2 Å². The van der Waals surface area contributed by atoms with Crippen molar-refractivity contribution in [3.8, 4) is 23.8 Å². The van der Waals surface area contributed by atoms with Gasteiger partial charge in [0.2, 0.25) is 0 Å². The molecule has 0 bridgehead atoms. The number of anilines is 3. The number of benzene rings is 3. The van der Waals surface area contributed by atoms with Crippen LogP contribution in [-0.2, 0) is 0 Å². The second-order valence-corrected chi connectivity index (χ2v) is 10.4. The molecule has 0 saturated carbocycles. The van der Waals surface area contributed by atoms with Crippen molar-refractivity contribution in [3.05, 3.63) is 72.3 Å². The van der Waals surface area contributed by atoms with Crippen molar-refractivity contribution in [2.45, 2.75) is 18.0 Å². The lowest BCUT2D eigenvalue weighted by Gasteiger charge is -2.22. The smallest absolute Gasteiger partial charge is 0.255 e. The van der Waals surface area contributed by atoms with Crippen LogP contribution in [0.2, 0.25) is 0 Å². The van der Waals surface area contributed by atoms with E-state index in [1.807, 2.05) is 42.5 Å². The van der Waals surface area contributed by atoms with Crippen molar-refractivity contribution in [3.63, 3.8) is 0 Å². The van der Waals surface area contributed by atoms with Crippen molar-refractivity contribution in [2.75, 3.05) is 43.2 Å². The fraction of sp³-hybridized carbons (Fsp3) is 0.258. The molecule has 2 heterocycles. The van der Waals surface area contributed by atoms with Gasteiger partial charge in [0.15, 0.2) is 5.16 Å². The number of nitrogens with one attached hydrogen (secondary N) is 3. The molecule has 0 atom stereocenters. The van der Waals surface area contributed by atoms with Gasteiger partial charge in [0.25, 0.3) is 5.91 Å². The molecule has 9 heteroatoms. The summed E-state index contributed by atoms with van der Waals surface area (Å²) in [5.74, 6) is 5.59. The zero-order valence-electron chi connectivity index (χ0n) is 22.3. The van der Waals surface area contributed by atoms with Gasteiger partial charge in [-0.25, -0.2) is 9.97 Å². The normalized spacial score (nSPS) is 13.4. The number of methoxy groups -OCH3 is 1. The zero-order chi connectivity index (χ0) is 27.7. The number of thioether (sulfide) groups is 1. The Hall–Kier alpha value is -4.26. The summed E-state index contributed by atoms with van der Waals surface area (Å²) in [6, 6.07) is 20.4. The minimum absolute atomic E-state index is 0.223. The van der Waals surface area contributed by atoms with Crippen molar-refractivity contribution < 1.29 is 14.3 Å². The lowest BCUT2D eigenvalue weighted by molar-refractivity contribution is 0.102. The minimum Gasteiger partial charge on any atom is -0.497 e. The monoisotopic (exact) mass is 553 g/mol. The Balaban J connectivity index is 1.35. The van der Waals surface area contributed by atoms with Crippen LogP contribution in [0.15, 0.2) is 71.9 Å². The highest BCUT2D eigenvalue weighted by molar-refractivity contribution is 7.99. The number of rotatable bonds is 10. The Morgan fingerprint density at radius 3 is 2.48 bits per heavy atom. The molecular weight excluding hydrogens is 522 g/mol. The molecule has 40 heavy (non-hydrogen) atoms. The van der Waals surface area contributed by atoms with Gasteiger partial charge < -0.3 is 25.4 Å². The molecule has 1 amide bonds. The first-order valence-corrected chi connectivity index (χ1v) is 14.1. The molecule has 1 saturated heterocycles. The summed E-state index contributed by atoms with van der Waals surface area (Å²) >= 11 is 1.39. The molecule has 0 unspecified atom stereocenters. The molecule has 1 aromatic heterocycles. The van der Waals surface area contributed by atoms with Gasteiger partial charge in [-0.2, -0.15) is 0 Å². The third-order valence-electron chi connectivity index (χ3n) is 6.63. The van der Waals surface area contributed by atoms with Crippen LogP contribution < -0.4 is 25.4 Å². The van der Waals surface area contributed by atoms with Gasteiger partial charge >= 0.3 is 0 Å². The SMILES string of the molecule is C#CCSc1nc(Nc2ccc(OCC3CCNCC3)cc2)c2cc(NC(=O)c3ccc(OC)cc3)ccc2n1. The number of hydrogen-bond donors (Lipinski definition) is 3. The van der Waals surface area contributed by atoms with Crippen LogP contribution in [0.5, 0.6) is 11.5 Å². The van der Waals surface area contributed by atoms with E-state index in [-0.39, 0.29) is 5.91 Å². The third-order valence-corrected chi connectivity index (χ3v) is 7.38. The fourth-order valence-corrected chi connectivity index (χ4v) is 4.96. The summed E-state index contributed by atoms with van der Waals surface area (Å²) < 4.78 is 11.2. The average Bonchev–Trinajstić information content (AvgIpc) is 3.00. The fourth-order valence-electron chi connectivity index (χ4n) is 4.43. The Bertz CT molecular complexity index is 1500. The van der Waals surface area contributed by atoms with Crippen LogP contribution in [0.25, 0.3) is 10.9 Å². The summed E-state index contributed by atoms with van der Waals surface area (Å²) in [5, 5.41) is 11.1. The first-order chi connectivity index (χ1) is 19.6. The maximum Gasteiger partial charge on any atom is 0.255 e. The molecule has 8 nitrogen and oxygen atoms in total. The molecule has 4 aromatic rings. The summed E-state index contributed by atoms with van der Waals surface area (Å²) in [6.45, 7) is 2.84. The molecule has 204 valence electrons. The van der Waals surface area contributed by atoms with Gasteiger partial charge in [0, 0.05) is 22.3 Å². The number of carbonyl (C=O) groups is 1. The first-order valence-electron chi connectivity index (χ1n) is 13.2. The van der Waals surface area contributed by atoms with Gasteiger partial charge in [-0.3, -0.25) is 4.79 Å². The second kappa shape index (κ2) is 13.2. The first kappa shape index (κ1) is 27.3. The highest BCUT2D eigenvalue weighted by Gasteiger charge is 2.14. The van der Waals surface area contributed by atoms with Crippen molar-refractivity contribution in [2.24, 2.45) is 5.92 Å². The highest BCUT2D eigenvalue weighted by atomic mass is 32.2. The molecule has 1 aliphatic heterocycles. The number of nitrogens with zero attached hydrogens (tertiary/aromatic N) is 2. The maximum atomic E-state index is 12.8. The van der Waals surface area contributed by atoms with Crippen LogP contribution in [0.4, 0.5) is 17.2 Å². The Kier molecular flexibility index (Phi) is 9.01. The maximum absolute atomic E-state index is 12.8. The molecule has 0 radical (unpaired) electrons. The van der Waals surface area contributed by atoms with E-state index >= 15 is 0 Å². The molecular formula is C31H31N5O3S. The molecule has 3 N–H and O–H groups in total. The van der Waals surface area contributed by atoms with E-state index in [1.165, 1.54) is 11.8 Å². The van der Waals surface area contributed by atoms with Crippen LogP contribution in [0.3, 0.4) is 0 Å². The number of hydrogen-bond acceptors (Lipinski definition) is 8. The Morgan fingerprint density at radius 2 is 1.75 bits per heavy atom. The van der Waals surface area contributed by atoms with Crippen LogP contribution >= 0.6 is 11.8 Å². The third kappa shape index (κ3) is 7.03. The van der Waals surface area contributed by atoms with Crippen molar-refractivity contribution in [1.82, 2.24) is 15.3 Å². The minimum atomic E-state index is -0.223. The second-order valence-electron chi connectivity index (χ2n) is 9.42. The molecule has 3 aromatic carbocycles. The molecule has 0 spiro atoms. The number of aromatic nitrogens is 2. The van der Waals surface area contributed by atoms with Crippen molar-refractivity contribution in [1.29, 1.82) is 0 Å². The number of carbonyl (C=O) groups excluding carboxylic acids is 1. The number of terminal acetylenes is 1. The summed E-state index contributed by atoms with van der Waals surface area (Å²) in [6.07, 6.45) is 7.75. The predicted octanol–water partition coefficient (Wildman–Crippen LogP) is 5.74. The van der Waals surface area contributed by atoms with E-state index in [9.17, 15) is 4.79 Å². The Labute approximate surface area is 238 Å². The highest BCUT2D eigenvalue weighted by Crippen LogP contribution is 2.30. The quantitative estimate of drug-likeness (QED) is 0.130. The van der Waals surface area contributed by atoms with E-state index in [4.69, 9.17) is 20.9 Å². The largest absolute Gasteiger partial charge is 0.497 e. The molecule has 0 aliphatic carbocycles. The van der Waals surface area contributed by atoms with Gasteiger partial charge in [-0.1, -0.05) is 17.7 Å². The van der Waals surface area contributed by atoms with Gasteiger partial charge in [0.05, 0.1) is 25.0 Å². The van der Waals surface area contributed by atoms with Crippen LogP contribution in [-0.4, -0.2) is 48.4 Å². The topological polar surface area (TPSA) is 97.4 Å². The Morgan fingerprint density at radius 1 is 1.02 bits per heavy atom. The van der Waals surface area contributed by atoms with Crippen molar-refractivity contribution >= 4 is 45.8 Å². The number of piperidine rings is 1. The lowest BCUT2D eigenvalue weighted by Crippen LogP contribution is -2.30. The lowest BCUT2D eigenvalue weighted by atomic mass is 9.99. The standard InChI is InChI=1S/C31H31N5O3S/c1-3-18-40-31-35-28-13-8-24(34-30(37)22-4-9-25(38-2)10-5-22)19-27(28)29(36-31)33-23-6-11-26(12-7-23)39-20-21-14-16-32-17-15-21/h1,4-13,19,21,32H,14-18,20H2,2H3,(H,34,37)(H,33,35,36). The predicted molar refractivity (Wildman–Crippen MR) is 161 cm³/mol. The number of fused-ring (bicyclic) bond motifs is 1. The van der Waals surface area contributed by atoms with E-state index in [2.05, 4.69) is 26.9 Å². The van der Waals surface area contributed by atoms with E-state index < -0.39 is 0 Å². The number of amides is 1. The van der Waals surface area contributed by atoms with E-state index in [0.29, 0.717) is 39.6 Å². The number of ether oxygens (including phenoxy) is 2. The van der Waals surface area contributed by atoms with E-state index in [0.717, 1.165) is 54.9 Å². The van der Waals surface area contributed by atoms with E-state index in [1.54, 1.807) is 31.4 Å². The summed E-state index contributed by atoms with van der Waals surface area (Å²) in [7, 11) is 1.59. The van der Waals surface area contributed by atoms with Gasteiger partial charge in [0.1, 0.15) is 17.3 Å². The molecule has 1 aliphatic rings. The molecule has 1 fully saturated rings. The van der Waals surface area contributed by atoms with Gasteiger partial charge in [-0.15, -0.1) is 6.42 Å². The molecule has 5 rings (SSSR count). The van der Waals surface area contributed by atoms with Gasteiger partial charge in [-0.05, 0) is 98.6 Å².